The zero-order valence-corrected chi connectivity index (χ0v) is 11.8. The fourth-order valence-corrected chi connectivity index (χ4v) is 2.43. The molecule has 1 aliphatic heterocycles. The fourth-order valence-electron chi connectivity index (χ4n) is 2.43. The molecule has 0 spiro atoms. The molecule has 1 aromatic heterocycles. The van der Waals surface area contributed by atoms with Crippen molar-refractivity contribution in [3.63, 3.8) is 0 Å². The number of furan rings is 1. The van der Waals surface area contributed by atoms with E-state index in [1.54, 1.807) is 11.0 Å². The van der Waals surface area contributed by atoms with Gasteiger partial charge in [0.15, 0.2) is 0 Å². The summed E-state index contributed by atoms with van der Waals surface area (Å²) in [5.74, 6) is 0.835. The maximum atomic E-state index is 12.2. The first-order chi connectivity index (χ1) is 10.1. The predicted octanol–water partition coefficient (Wildman–Crippen LogP) is 1.97. The number of aryl methyl sites for hydroxylation is 1. The Morgan fingerprint density at radius 2 is 2.29 bits per heavy atom. The first kappa shape index (κ1) is 13.9. The fraction of sp³-hybridized carbons (Fsp3) is 0.400. The number of aliphatic hydroxyl groups is 1. The standard InChI is InChI=1S/C15H18N2O4/c1-10-6-11-7-12(2-3-14(11)21-10)16-15(19)17-4-5-20-9-13(18)8-17/h2-3,6-7,13,18H,4-5,8-9H2,1H3,(H,16,19). The number of fused-ring (bicyclic) bond motifs is 1. The van der Waals surface area contributed by atoms with Crippen molar-refractivity contribution in [3.05, 3.63) is 30.0 Å². The molecule has 2 heterocycles. The highest BCUT2D eigenvalue weighted by Crippen LogP contribution is 2.22. The molecule has 1 fully saturated rings. The van der Waals surface area contributed by atoms with E-state index in [4.69, 9.17) is 9.15 Å². The number of rotatable bonds is 1. The summed E-state index contributed by atoms with van der Waals surface area (Å²) in [7, 11) is 0. The summed E-state index contributed by atoms with van der Waals surface area (Å²) in [5, 5.41) is 13.4. The molecule has 0 aliphatic carbocycles. The topological polar surface area (TPSA) is 74.9 Å². The molecule has 2 aromatic rings. The summed E-state index contributed by atoms with van der Waals surface area (Å²) >= 11 is 0. The van der Waals surface area contributed by atoms with Crippen molar-refractivity contribution >= 4 is 22.7 Å². The van der Waals surface area contributed by atoms with Crippen LogP contribution in [0.5, 0.6) is 0 Å². The minimum Gasteiger partial charge on any atom is -0.461 e. The second kappa shape index (κ2) is 5.75. The van der Waals surface area contributed by atoms with E-state index >= 15 is 0 Å². The third-order valence-corrected chi connectivity index (χ3v) is 3.42. The van der Waals surface area contributed by atoms with Crippen molar-refractivity contribution in [2.45, 2.75) is 13.0 Å². The summed E-state index contributed by atoms with van der Waals surface area (Å²) < 4.78 is 10.7. The van der Waals surface area contributed by atoms with Crippen molar-refractivity contribution in [3.8, 4) is 0 Å². The minimum absolute atomic E-state index is 0.237. The number of urea groups is 1. The van der Waals surface area contributed by atoms with Gasteiger partial charge in [0.25, 0.3) is 0 Å². The summed E-state index contributed by atoms with van der Waals surface area (Å²) in [6.45, 7) is 3.33. The van der Waals surface area contributed by atoms with Crippen LogP contribution in [-0.4, -0.2) is 48.4 Å². The van der Waals surface area contributed by atoms with Gasteiger partial charge in [0.05, 0.1) is 25.9 Å². The first-order valence-corrected chi connectivity index (χ1v) is 6.94. The number of β-amino-alcohol motifs (C(OH)–C–C–N with tert-alkyl or cyclic N) is 1. The van der Waals surface area contributed by atoms with Gasteiger partial charge in [0, 0.05) is 17.6 Å². The van der Waals surface area contributed by atoms with E-state index < -0.39 is 6.10 Å². The van der Waals surface area contributed by atoms with Crippen LogP contribution in [0.2, 0.25) is 0 Å². The smallest absolute Gasteiger partial charge is 0.322 e. The van der Waals surface area contributed by atoms with Crippen LogP contribution in [0.4, 0.5) is 10.5 Å². The minimum atomic E-state index is -0.641. The number of carbonyl (C=O) groups is 1. The van der Waals surface area contributed by atoms with Gasteiger partial charge in [0.2, 0.25) is 0 Å². The molecule has 1 saturated heterocycles. The molecule has 6 nitrogen and oxygen atoms in total. The second-order valence-corrected chi connectivity index (χ2v) is 5.21. The van der Waals surface area contributed by atoms with Gasteiger partial charge in [-0.1, -0.05) is 0 Å². The zero-order chi connectivity index (χ0) is 14.8. The number of ether oxygens (including phenoxy) is 1. The number of amides is 2. The molecule has 0 bridgehead atoms. The van der Waals surface area contributed by atoms with Crippen LogP contribution in [-0.2, 0) is 4.74 Å². The maximum absolute atomic E-state index is 12.2. The number of carbonyl (C=O) groups excluding carboxylic acids is 1. The number of anilines is 1. The van der Waals surface area contributed by atoms with Gasteiger partial charge in [-0.15, -0.1) is 0 Å². The Labute approximate surface area is 122 Å². The van der Waals surface area contributed by atoms with Gasteiger partial charge in [-0.2, -0.15) is 0 Å². The highest BCUT2D eigenvalue weighted by atomic mass is 16.5. The monoisotopic (exact) mass is 290 g/mol. The molecule has 2 N–H and O–H groups in total. The summed E-state index contributed by atoms with van der Waals surface area (Å²) in [6, 6.07) is 7.19. The average molecular weight is 290 g/mol. The van der Waals surface area contributed by atoms with Crippen LogP contribution in [0.15, 0.2) is 28.7 Å². The van der Waals surface area contributed by atoms with Crippen LogP contribution in [0.25, 0.3) is 11.0 Å². The molecule has 1 atom stereocenters. The van der Waals surface area contributed by atoms with Crippen LogP contribution in [0.1, 0.15) is 5.76 Å². The molecular weight excluding hydrogens is 272 g/mol. The molecule has 0 saturated carbocycles. The number of hydrogen-bond acceptors (Lipinski definition) is 4. The summed E-state index contributed by atoms with van der Waals surface area (Å²) in [6.07, 6.45) is -0.641. The van der Waals surface area contributed by atoms with Gasteiger partial charge in [-0.3, -0.25) is 0 Å². The maximum Gasteiger partial charge on any atom is 0.322 e. The molecule has 1 aromatic carbocycles. The van der Waals surface area contributed by atoms with E-state index in [9.17, 15) is 9.90 Å². The van der Waals surface area contributed by atoms with Crippen LogP contribution in [0.3, 0.4) is 0 Å². The van der Waals surface area contributed by atoms with E-state index in [2.05, 4.69) is 5.32 Å². The summed E-state index contributed by atoms with van der Waals surface area (Å²) in [4.78, 5) is 13.8. The predicted molar refractivity (Wildman–Crippen MR) is 78.4 cm³/mol. The van der Waals surface area contributed by atoms with Crippen LogP contribution >= 0.6 is 0 Å². The quantitative estimate of drug-likeness (QED) is 0.842. The van der Waals surface area contributed by atoms with Crippen molar-refractivity contribution < 1.29 is 19.1 Å². The highest BCUT2D eigenvalue weighted by molar-refractivity contribution is 5.92. The van der Waals surface area contributed by atoms with Crippen molar-refractivity contribution in [1.82, 2.24) is 4.90 Å². The Bertz CT molecular complexity index is 652. The third kappa shape index (κ3) is 3.17. The molecular formula is C15H18N2O4. The number of nitrogens with one attached hydrogen (secondary N) is 1. The lowest BCUT2D eigenvalue weighted by Gasteiger charge is -2.21. The molecule has 1 unspecified atom stereocenters. The molecule has 3 rings (SSSR count). The van der Waals surface area contributed by atoms with Crippen molar-refractivity contribution in [2.24, 2.45) is 0 Å². The number of aliphatic hydroxyl groups excluding tert-OH is 1. The van der Waals surface area contributed by atoms with E-state index in [1.165, 1.54) is 0 Å². The normalized spacial score (nSPS) is 19.5. The van der Waals surface area contributed by atoms with Gasteiger partial charge in [-0.05, 0) is 31.2 Å². The van der Waals surface area contributed by atoms with E-state index in [0.717, 1.165) is 16.7 Å². The summed E-state index contributed by atoms with van der Waals surface area (Å²) in [5.41, 5.74) is 1.50. The number of benzene rings is 1. The Hall–Kier alpha value is -2.05. The lowest BCUT2D eigenvalue weighted by molar-refractivity contribution is 0.0575. The van der Waals surface area contributed by atoms with Gasteiger partial charge in [-0.25, -0.2) is 4.79 Å². The molecule has 1 aliphatic rings. The average Bonchev–Trinajstić information content (AvgIpc) is 2.66. The van der Waals surface area contributed by atoms with Crippen molar-refractivity contribution in [2.75, 3.05) is 31.6 Å². The Balaban J connectivity index is 1.72. The lowest BCUT2D eigenvalue weighted by Crippen LogP contribution is -2.40. The van der Waals surface area contributed by atoms with E-state index in [-0.39, 0.29) is 19.2 Å². The Morgan fingerprint density at radius 1 is 1.43 bits per heavy atom. The second-order valence-electron chi connectivity index (χ2n) is 5.21. The molecule has 0 radical (unpaired) electrons. The lowest BCUT2D eigenvalue weighted by atomic mass is 10.2. The highest BCUT2D eigenvalue weighted by Gasteiger charge is 2.21. The van der Waals surface area contributed by atoms with Gasteiger partial charge < -0.3 is 24.5 Å². The van der Waals surface area contributed by atoms with E-state index in [0.29, 0.717) is 18.8 Å². The van der Waals surface area contributed by atoms with Crippen LogP contribution in [0, 0.1) is 6.92 Å². The van der Waals surface area contributed by atoms with Gasteiger partial charge >= 0.3 is 6.03 Å². The van der Waals surface area contributed by atoms with Crippen LogP contribution < -0.4 is 5.32 Å². The SMILES string of the molecule is Cc1cc2cc(NC(=O)N3CCOCC(O)C3)ccc2o1. The molecule has 2 amide bonds. The third-order valence-electron chi connectivity index (χ3n) is 3.42. The number of nitrogens with zero attached hydrogens (tertiary/aromatic N) is 1. The first-order valence-electron chi connectivity index (χ1n) is 6.94. The Kier molecular flexibility index (Phi) is 3.81. The van der Waals surface area contributed by atoms with Crippen molar-refractivity contribution in [1.29, 1.82) is 0 Å². The zero-order valence-electron chi connectivity index (χ0n) is 11.8. The Morgan fingerprint density at radius 3 is 3.14 bits per heavy atom. The molecule has 21 heavy (non-hydrogen) atoms. The number of hydrogen-bond donors (Lipinski definition) is 2. The van der Waals surface area contributed by atoms with Gasteiger partial charge in [0.1, 0.15) is 11.3 Å². The van der Waals surface area contributed by atoms with E-state index in [1.807, 2.05) is 25.1 Å². The largest absolute Gasteiger partial charge is 0.461 e. The molecule has 6 heteroatoms. The molecule has 112 valence electrons.